The molecular weight excluding hydrogens is 372 g/mol. The summed E-state index contributed by atoms with van der Waals surface area (Å²) in [6.07, 6.45) is 6.92. The highest BCUT2D eigenvalue weighted by molar-refractivity contribution is 5.86. The molecular formula is C22H22N2O5. The maximum absolute atomic E-state index is 11.6. The van der Waals surface area contributed by atoms with Crippen molar-refractivity contribution in [1.29, 1.82) is 0 Å². The average molecular weight is 394 g/mol. The number of carboxylic acids is 1. The number of aromatic nitrogens is 1. The molecule has 3 aromatic rings. The molecule has 0 unspecified atom stereocenters. The lowest BCUT2D eigenvalue weighted by Crippen LogP contribution is -2.20. The summed E-state index contributed by atoms with van der Waals surface area (Å²) in [4.78, 5) is 19.0. The Labute approximate surface area is 167 Å². The summed E-state index contributed by atoms with van der Waals surface area (Å²) in [5.74, 6) is -0.509. The van der Waals surface area contributed by atoms with Crippen LogP contribution in [0.25, 0.3) is 17.0 Å². The van der Waals surface area contributed by atoms with E-state index in [0.717, 1.165) is 16.5 Å². The lowest BCUT2D eigenvalue weighted by Gasteiger charge is -2.09. The highest BCUT2D eigenvalue weighted by Gasteiger charge is 2.17. The smallest absolute Gasteiger partial charge is 0.328 e. The van der Waals surface area contributed by atoms with Gasteiger partial charge in [-0.2, -0.15) is 0 Å². The van der Waals surface area contributed by atoms with Gasteiger partial charge in [0.2, 0.25) is 5.75 Å². The van der Waals surface area contributed by atoms with Gasteiger partial charge in [-0.1, -0.05) is 24.3 Å². The van der Waals surface area contributed by atoms with E-state index in [1.54, 1.807) is 24.3 Å². The molecule has 0 fully saturated rings. The Morgan fingerprint density at radius 1 is 1.21 bits per heavy atom. The number of hydrogen-bond donors (Lipinski definition) is 3. The molecule has 0 aliphatic carbocycles. The average Bonchev–Trinajstić information content (AvgIpc) is 3.13. The summed E-state index contributed by atoms with van der Waals surface area (Å²) < 4.78 is 10.2. The normalized spacial score (nSPS) is 12.6. The van der Waals surface area contributed by atoms with Gasteiger partial charge in [0.15, 0.2) is 17.5 Å². The summed E-state index contributed by atoms with van der Waals surface area (Å²) in [5.41, 5.74) is 2.58. The third-order valence-corrected chi connectivity index (χ3v) is 4.52. The van der Waals surface area contributed by atoms with Gasteiger partial charge in [0.1, 0.15) is 0 Å². The molecule has 0 radical (unpaired) electrons. The Hall–Kier alpha value is -3.74. The van der Waals surface area contributed by atoms with Gasteiger partial charge in [-0.25, -0.2) is 4.79 Å². The first-order valence-electron chi connectivity index (χ1n) is 8.96. The summed E-state index contributed by atoms with van der Waals surface area (Å²) in [7, 11) is 2.90. The number of benzene rings is 2. The predicted octanol–water partition coefficient (Wildman–Crippen LogP) is 3.67. The number of hydrogen-bond acceptors (Lipinski definition) is 5. The first-order valence-corrected chi connectivity index (χ1v) is 8.96. The number of para-hydroxylation sites is 1. The quantitative estimate of drug-likeness (QED) is 0.506. The number of nitrogens with one attached hydrogen (secondary N) is 1. The van der Waals surface area contributed by atoms with Crippen molar-refractivity contribution >= 4 is 29.2 Å². The zero-order chi connectivity index (χ0) is 20.8. The van der Waals surface area contributed by atoms with E-state index in [1.165, 1.54) is 20.4 Å². The van der Waals surface area contributed by atoms with Crippen LogP contribution >= 0.6 is 0 Å². The molecule has 0 amide bonds. The SMILES string of the molecule is COc1cc(/C=C/C=N/[C@@H](Cc2c[nH]c3ccccc23)C(=O)O)cc(OC)c1O. The monoisotopic (exact) mass is 394 g/mol. The standard InChI is InChI=1S/C22H22N2O5/c1-28-19-10-14(11-20(29-2)21(19)25)6-5-9-23-18(22(26)27)12-15-13-24-17-8-4-3-7-16(15)17/h3-11,13,18,24-25H,12H2,1-2H3,(H,26,27)/b6-5+,23-9+/t18-/m0/s1. The number of carbonyl (C=O) groups is 1. The number of aliphatic carboxylic acids is 1. The maximum Gasteiger partial charge on any atom is 0.328 e. The second kappa shape index (κ2) is 8.97. The Morgan fingerprint density at radius 2 is 1.90 bits per heavy atom. The first-order chi connectivity index (χ1) is 14.0. The minimum Gasteiger partial charge on any atom is -0.502 e. The molecule has 29 heavy (non-hydrogen) atoms. The van der Waals surface area contributed by atoms with Gasteiger partial charge in [-0.05, 0) is 35.4 Å². The van der Waals surface area contributed by atoms with Gasteiger partial charge in [0.05, 0.1) is 14.2 Å². The highest BCUT2D eigenvalue weighted by atomic mass is 16.5. The summed E-state index contributed by atoms with van der Waals surface area (Å²) in [6, 6.07) is 10.1. The fourth-order valence-electron chi connectivity index (χ4n) is 3.03. The summed E-state index contributed by atoms with van der Waals surface area (Å²) in [5, 5.41) is 20.5. The zero-order valence-electron chi connectivity index (χ0n) is 16.1. The van der Waals surface area contributed by atoms with Gasteiger partial charge >= 0.3 is 5.97 Å². The van der Waals surface area contributed by atoms with E-state index in [9.17, 15) is 15.0 Å². The third kappa shape index (κ3) is 4.57. The van der Waals surface area contributed by atoms with E-state index in [0.29, 0.717) is 5.56 Å². The Kier molecular flexibility index (Phi) is 6.19. The van der Waals surface area contributed by atoms with E-state index in [1.807, 2.05) is 30.5 Å². The number of carboxylic acid groups (broad SMARTS) is 1. The summed E-state index contributed by atoms with van der Waals surface area (Å²) in [6.45, 7) is 0. The van der Waals surface area contributed by atoms with Gasteiger partial charge in [-0.3, -0.25) is 4.99 Å². The second-order valence-electron chi connectivity index (χ2n) is 6.35. The molecule has 150 valence electrons. The Morgan fingerprint density at radius 3 is 2.55 bits per heavy atom. The fourth-order valence-corrected chi connectivity index (χ4v) is 3.03. The minimum absolute atomic E-state index is 0.0783. The van der Waals surface area contributed by atoms with Crippen LogP contribution in [0.5, 0.6) is 17.2 Å². The molecule has 3 rings (SSSR count). The number of H-pyrrole nitrogens is 1. The van der Waals surface area contributed by atoms with Crippen molar-refractivity contribution in [1.82, 2.24) is 4.98 Å². The van der Waals surface area contributed by atoms with Crippen molar-refractivity contribution < 1.29 is 24.5 Å². The zero-order valence-corrected chi connectivity index (χ0v) is 16.1. The number of ether oxygens (including phenoxy) is 2. The summed E-state index contributed by atoms with van der Waals surface area (Å²) >= 11 is 0. The van der Waals surface area contributed by atoms with Gasteiger partial charge in [0, 0.05) is 29.7 Å². The van der Waals surface area contributed by atoms with Crippen LogP contribution in [0.4, 0.5) is 0 Å². The number of fused-ring (bicyclic) bond motifs is 1. The molecule has 7 heteroatoms. The molecule has 0 spiro atoms. The van der Waals surface area contributed by atoms with E-state index in [4.69, 9.17) is 9.47 Å². The third-order valence-electron chi connectivity index (χ3n) is 4.52. The van der Waals surface area contributed by atoms with Crippen LogP contribution in [-0.2, 0) is 11.2 Å². The number of aromatic hydroxyl groups is 1. The number of aromatic amines is 1. The fraction of sp³-hybridized carbons (Fsp3) is 0.182. The number of phenolic OH excluding ortho intramolecular Hbond substituents is 1. The lowest BCUT2D eigenvalue weighted by atomic mass is 10.1. The molecule has 0 saturated heterocycles. The van der Waals surface area contributed by atoms with Crippen molar-refractivity contribution in [3.63, 3.8) is 0 Å². The van der Waals surface area contributed by atoms with E-state index < -0.39 is 12.0 Å². The van der Waals surface area contributed by atoms with Crippen LogP contribution in [-0.4, -0.2) is 47.6 Å². The van der Waals surface area contributed by atoms with E-state index >= 15 is 0 Å². The number of phenols is 1. The van der Waals surface area contributed by atoms with Crippen molar-refractivity contribution in [3.8, 4) is 17.2 Å². The van der Waals surface area contributed by atoms with Crippen LogP contribution in [0.2, 0.25) is 0 Å². The number of nitrogens with zero attached hydrogens (tertiary/aromatic N) is 1. The predicted molar refractivity (Wildman–Crippen MR) is 112 cm³/mol. The number of methoxy groups -OCH3 is 2. The van der Waals surface area contributed by atoms with Crippen LogP contribution in [0.3, 0.4) is 0 Å². The van der Waals surface area contributed by atoms with Crippen molar-refractivity contribution in [2.45, 2.75) is 12.5 Å². The van der Waals surface area contributed by atoms with Crippen molar-refractivity contribution in [2.75, 3.05) is 14.2 Å². The Balaban J connectivity index is 1.75. The van der Waals surface area contributed by atoms with Crippen LogP contribution in [0.1, 0.15) is 11.1 Å². The number of allylic oxidation sites excluding steroid dienone is 1. The van der Waals surface area contributed by atoms with E-state index in [-0.39, 0.29) is 23.7 Å². The molecule has 0 aliphatic heterocycles. The molecule has 1 aromatic heterocycles. The van der Waals surface area contributed by atoms with Crippen LogP contribution in [0.15, 0.2) is 53.7 Å². The molecule has 2 aromatic carbocycles. The molecule has 0 bridgehead atoms. The molecule has 7 nitrogen and oxygen atoms in total. The lowest BCUT2D eigenvalue weighted by molar-refractivity contribution is -0.138. The van der Waals surface area contributed by atoms with Crippen molar-refractivity contribution in [2.24, 2.45) is 4.99 Å². The van der Waals surface area contributed by atoms with Gasteiger partial charge in [-0.15, -0.1) is 0 Å². The Bertz CT molecular complexity index is 1040. The van der Waals surface area contributed by atoms with Crippen molar-refractivity contribution in [3.05, 3.63) is 59.8 Å². The molecule has 3 N–H and O–H groups in total. The molecule has 1 heterocycles. The molecule has 1 atom stereocenters. The topological polar surface area (TPSA) is 104 Å². The highest BCUT2D eigenvalue weighted by Crippen LogP contribution is 2.37. The van der Waals surface area contributed by atoms with E-state index in [2.05, 4.69) is 9.98 Å². The van der Waals surface area contributed by atoms with Crippen LogP contribution in [0, 0.1) is 0 Å². The second-order valence-corrected chi connectivity index (χ2v) is 6.35. The number of aliphatic imine (C=N–C) groups is 1. The minimum atomic E-state index is -0.993. The molecule has 0 aliphatic rings. The number of rotatable bonds is 8. The maximum atomic E-state index is 11.6. The molecule has 0 saturated carbocycles. The largest absolute Gasteiger partial charge is 0.502 e. The first kappa shape index (κ1) is 20.0. The van der Waals surface area contributed by atoms with Gasteiger partial charge < -0.3 is 24.7 Å². The van der Waals surface area contributed by atoms with Gasteiger partial charge in [0.25, 0.3) is 0 Å². The van der Waals surface area contributed by atoms with Crippen LogP contribution < -0.4 is 9.47 Å².